The molecule has 2 aromatic carbocycles. The fourth-order valence-electron chi connectivity index (χ4n) is 4.69. The number of carbonyl (C=O) groups excluding carboxylic acids is 1. The van der Waals surface area contributed by atoms with Crippen LogP contribution >= 0.6 is 0 Å². The van der Waals surface area contributed by atoms with E-state index >= 15 is 0 Å². The van der Waals surface area contributed by atoms with Crippen molar-refractivity contribution >= 4 is 5.91 Å². The van der Waals surface area contributed by atoms with E-state index in [1.165, 1.54) is 11.1 Å². The summed E-state index contributed by atoms with van der Waals surface area (Å²) in [4.78, 5) is 17.3. The number of hydrogen-bond acceptors (Lipinski definition) is 3. The first kappa shape index (κ1) is 18.2. The van der Waals surface area contributed by atoms with E-state index in [4.69, 9.17) is 5.73 Å². The van der Waals surface area contributed by atoms with Gasteiger partial charge in [0.2, 0.25) is 5.91 Å². The van der Waals surface area contributed by atoms with Crippen LogP contribution in [0.5, 0.6) is 0 Å². The van der Waals surface area contributed by atoms with Gasteiger partial charge in [0.1, 0.15) is 0 Å². The van der Waals surface area contributed by atoms with Gasteiger partial charge >= 0.3 is 0 Å². The summed E-state index contributed by atoms with van der Waals surface area (Å²) in [5, 5.41) is 0. The normalized spacial score (nSPS) is 20.2. The topological polar surface area (TPSA) is 49.6 Å². The molecule has 0 unspecified atom stereocenters. The third-order valence-electron chi connectivity index (χ3n) is 6.25. The van der Waals surface area contributed by atoms with Gasteiger partial charge < -0.3 is 10.6 Å². The van der Waals surface area contributed by atoms with Gasteiger partial charge in [-0.05, 0) is 36.0 Å². The third kappa shape index (κ3) is 3.64. The Balaban J connectivity index is 1.56. The number of rotatable bonds is 5. The number of nitrogens with two attached hydrogens (primary N) is 1. The first-order valence-electron chi connectivity index (χ1n) is 10.1. The van der Waals surface area contributed by atoms with Gasteiger partial charge in [-0.2, -0.15) is 0 Å². The van der Waals surface area contributed by atoms with E-state index in [1.54, 1.807) is 0 Å². The molecule has 2 saturated heterocycles. The highest BCUT2D eigenvalue weighted by Gasteiger charge is 2.44. The lowest BCUT2D eigenvalue weighted by Gasteiger charge is -2.48. The molecule has 4 nitrogen and oxygen atoms in total. The Kier molecular flexibility index (Phi) is 5.28. The van der Waals surface area contributed by atoms with E-state index in [1.807, 2.05) is 0 Å². The smallest absolute Gasteiger partial charge is 0.223 e. The van der Waals surface area contributed by atoms with Gasteiger partial charge in [0.15, 0.2) is 0 Å². The van der Waals surface area contributed by atoms with E-state index in [0.29, 0.717) is 18.9 Å². The van der Waals surface area contributed by atoms with Crippen molar-refractivity contribution in [3.05, 3.63) is 71.3 Å². The molecule has 1 amide bonds. The minimum absolute atomic E-state index is 0.159. The van der Waals surface area contributed by atoms with Crippen molar-refractivity contribution in [3.8, 4) is 0 Å². The molecular formula is C23H29N3O. The summed E-state index contributed by atoms with van der Waals surface area (Å²) in [5.74, 6) is 0.314. The fourth-order valence-corrected chi connectivity index (χ4v) is 4.69. The molecule has 2 aromatic rings. The van der Waals surface area contributed by atoms with Gasteiger partial charge in [0.25, 0.3) is 0 Å². The van der Waals surface area contributed by atoms with Crippen molar-refractivity contribution in [2.24, 2.45) is 5.73 Å². The molecule has 0 aromatic heterocycles. The minimum atomic E-state index is -0.159. The Bertz CT molecular complexity index is 764. The lowest BCUT2D eigenvalue weighted by Crippen LogP contribution is -2.53. The van der Waals surface area contributed by atoms with Gasteiger partial charge in [0.05, 0.1) is 5.54 Å². The predicted octanol–water partition coefficient (Wildman–Crippen LogP) is 3.26. The first-order chi connectivity index (χ1) is 13.2. The van der Waals surface area contributed by atoms with Crippen molar-refractivity contribution < 1.29 is 4.79 Å². The van der Waals surface area contributed by atoms with Gasteiger partial charge in [0, 0.05) is 39.1 Å². The van der Waals surface area contributed by atoms with Crippen LogP contribution in [0.4, 0.5) is 0 Å². The molecule has 2 aliphatic rings. The molecule has 0 atom stereocenters. The van der Waals surface area contributed by atoms with Gasteiger partial charge in [-0.1, -0.05) is 54.6 Å². The van der Waals surface area contributed by atoms with Crippen LogP contribution in [0.15, 0.2) is 54.6 Å². The Morgan fingerprint density at radius 1 is 0.889 bits per heavy atom. The monoisotopic (exact) mass is 363 g/mol. The van der Waals surface area contributed by atoms with Gasteiger partial charge in [-0.15, -0.1) is 0 Å². The highest BCUT2D eigenvalue weighted by Crippen LogP contribution is 2.41. The molecule has 2 aliphatic heterocycles. The third-order valence-corrected chi connectivity index (χ3v) is 6.25. The number of hydrogen-bond donors (Lipinski definition) is 1. The number of likely N-dealkylation sites (tertiary alicyclic amines) is 2. The number of piperidine rings is 1. The van der Waals surface area contributed by atoms with E-state index < -0.39 is 0 Å². The molecule has 0 aliphatic carbocycles. The van der Waals surface area contributed by atoms with Crippen LogP contribution in [0.2, 0.25) is 0 Å². The maximum absolute atomic E-state index is 12.6. The maximum atomic E-state index is 12.6. The summed E-state index contributed by atoms with van der Waals surface area (Å²) >= 11 is 0. The van der Waals surface area contributed by atoms with Crippen LogP contribution in [0.25, 0.3) is 0 Å². The molecule has 4 heteroatoms. The van der Waals surface area contributed by atoms with E-state index in [-0.39, 0.29) is 5.54 Å². The molecule has 2 fully saturated rings. The summed E-state index contributed by atoms with van der Waals surface area (Å²) in [6.07, 6.45) is 3.66. The lowest BCUT2D eigenvalue weighted by molar-refractivity contribution is -0.136. The second-order valence-electron chi connectivity index (χ2n) is 7.84. The molecule has 0 radical (unpaired) electrons. The van der Waals surface area contributed by atoms with Crippen molar-refractivity contribution in [3.63, 3.8) is 0 Å². The van der Waals surface area contributed by atoms with Crippen LogP contribution in [0.3, 0.4) is 0 Å². The molecule has 0 spiro atoms. The molecule has 2 heterocycles. The largest absolute Gasteiger partial charge is 0.333 e. The molecule has 4 rings (SSSR count). The maximum Gasteiger partial charge on any atom is 0.223 e. The minimum Gasteiger partial charge on any atom is -0.333 e. The summed E-state index contributed by atoms with van der Waals surface area (Å²) in [6, 6.07) is 19.3. The summed E-state index contributed by atoms with van der Waals surface area (Å²) in [5.41, 5.74) is 9.39. The molecule has 142 valence electrons. The van der Waals surface area contributed by atoms with Crippen molar-refractivity contribution in [2.75, 3.05) is 19.6 Å². The second-order valence-corrected chi connectivity index (χ2v) is 7.84. The predicted molar refractivity (Wildman–Crippen MR) is 108 cm³/mol. The van der Waals surface area contributed by atoms with Crippen LogP contribution in [-0.2, 0) is 23.4 Å². The lowest BCUT2D eigenvalue weighted by atomic mass is 9.79. The quantitative estimate of drug-likeness (QED) is 0.887. The summed E-state index contributed by atoms with van der Waals surface area (Å²) in [6.45, 7) is 4.45. The molecular weight excluding hydrogens is 334 g/mol. The Morgan fingerprint density at radius 3 is 2.19 bits per heavy atom. The van der Waals surface area contributed by atoms with E-state index in [0.717, 1.165) is 51.0 Å². The zero-order valence-electron chi connectivity index (χ0n) is 15.9. The van der Waals surface area contributed by atoms with E-state index in [9.17, 15) is 4.79 Å². The number of amides is 1. The number of nitrogens with zero attached hydrogens (tertiary/aromatic N) is 2. The van der Waals surface area contributed by atoms with E-state index in [2.05, 4.69) is 64.4 Å². The molecule has 2 N–H and O–H groups in total. The standard InChI is InChI=1S/C23H29N3O/c24-17-19-8-10-21(11-9-19)23(26-14-4-7-22(26)27)12-15-25(16-13-23)18-20-5-2-1-3-6-20/h1-3,5-6,8-11H,4,7,12-18,24H2. The zero-order valence-corrected chi connectivity index (χ0v) is 15.9. The van der Waals surface area contributed by atoms with Gasteiger partial charge in [-0.3, -0.25) is 9.69 Å². The zero-order chi connectivity index (χ0) is 18.7. The highest BCUT2D eigenvalue weighted by atomic mass is 16.2. The van der Waals surface area contributed by atoms with Crippen molar-refractivity contribution in [1.29, 1.82) is 0 Å². The van der Waals surface area contributed by atoms with Crippen LogP contribution < -0.4 is 5.73 Å². The average molecular weight is 364 g/mol. The SMILES string of the molecule is NCc1ccc(C2(N3CCCC3=O)CCN(Cc3ccccc3)CC2)cc1. The van der Waals surface area contributed by atoms with Crippen molar-refractivity contribution in [2.45, 2.75) is 44.3 Å². The number of benzene rings is 2. The molecule has 0 saturated carbocycles. The summed E-state index contributed by atoms with van der Waals surface area (Å²) in [7, 11) is 0. The van der Waals surface area contributed by atoms with Crippen LogP contribution in [0.1, 0.15) is 42.4 Å². The second kappa shape index (κ2) is 7.83. The first-order valence-corrected chi connectivity index (χ1v) is 10.1. The van der Waals surface area contributed by atoms with Crippen molar-refractivity contribution in [1.82, 2.24) is 9.80 Å². The molecule has 27 heavy (non-hydrogen) atoms. The Morgan fingerprint density at radius 2 is 1.59 bits per heavy atom. The average Bonchev–Trinajstić information content (AvgIpc) is 3.16. The van der Waals surface area contributed by atoms with Gasteiger partial charge in [-0.25, -0.2) is 0 Å². The number of carbonyl (C=O) groups is 1. The fraction of sp³-hybridized carbons (Fsp3) is 0.435. The summed E-state index contributed by atoms with van der Waals surface area (Å²) < 4.78 is 0. The van der Waals surface area contributed by atoms with Crippen LogP contribution in [-0.4, -0.2) is 35.3 Å². The van der Waals surface area contributed by atoms with Crippen LogP contribution in [0, 0.1) is 0 Å². The Labute approximate surface area is 162 Å². The highest BCUT2D eigenvalue weighted by molar-refractivity contribution is 5.79. The Hall–Kier alpha value is -2.17. The molecule has 0 bridgehead atoms.